The fraction of sp³-hybridized carbons (Fsp3) is 0.208. The van der Waals surface area contributed by atoms with Gasteiger partial charge in [0.1, 0.15) is 0 Å². The Bertz CT molecular complexity index is 1080. The van der Waals surface area contributed by atoms with Crippen LogP contribution in [0.3, 0.4) is 0 Å². The van der Waals surface area contributed by atoms with Crippen molar-refractivity contribution in [1.82, 2.24) is 10.0 Å². The summed E-state index contributed by atoms with van der Waals surface area (Å²) in [6.07, 6.45) is 0.874. The lowest BCUT2D eigenvalue weighted by Gasteiger charge is -2.12. The topological polar surface area (TPSA) is 75.3 Å². The van der Waals surface area contributed by atoms with Crippen LogP contribution in [0.1, 0.15) is 36.2 Å². The first-order valence-electron chi connectivity index (χ1n) is 9.94. The molecule has 0 heterocycles. The molecule has 2 N–H and O–H groups in total. The molecule has 30 heavy (non-hydrogen) atoms. The molecule has 0 spiro atoms. The van der Waals surface area contributed by atoms with Crippen molar-refractivity contribution in [3.8, 4) is 11.1 Å². The fourth-order valence-electron chi connectivity index (χ4n) is 2.91. The van der Waals surface area contributed by atoms with Crippen LogP contribution in [0, 0.1) is 0 Å². The van der Waals surface area contributed by atoms with Gasteiger partial charge in [0.15, 0.2) is 0 Å². The molecule has 0 saturated heterocycles. The van der Waals surface area contributed by atoms with Crippen LogP contribution >= 0.6 is 0 Å². The summed E-state index contributed by atoms with van der Waals surface area (Å²) in [5.74, 6) is -0.0955. The van der Waals surface area contributed by atoms with E-state index in [4.69, 9.17) is 0 Å². The predicted octanol–water partition coefficient (Wildman–Crippen LogP) is 4.36. The second-order valence-electron chi connectivity index (χ2n) is 7.19. The summed E-state index contributed by atoms with van der Waals surface area (Å²) >= 11 is 0. The SMILES string of the molecule is CCC(C)NC(=O)c1ccc(-c2ccc(S(=O)(=O)NCc3ccccc3)cc2)cc1. The van der Waals surface area contributed by atoms with Crippen LogP contribution in [0.2, 0.25) is 0 Å². The standard InChI is InChI=1S/C24H26N2O3S/c1-3-18(2)26-24(27)22-11-9-20(10-12-22)21-13-15-23(16-14-21)30(28,29)25-17-19-7-5-4-6-8-19/h4-16,18,25H,3,17H2,1-2H3,(H,26,27). The summed E-state index contributed by atoms with van der Waals surface area (Å²) in [5.41, 5.74) is 3.29. The van der Waals surface area contributed by atoms with Crippen molar-refractivity contribution in [3.63, 3.8) is 0 Å². The fourth-order valence-corrected chi connectivity index (χ4v) is 3.93. The minimum absolute atomic E-state index is 0.0955. The van der Waals surface area contributed by atoms with Crippen molar-refractivity contribution in [2.24, 2.45) is 0 Å². The lowest BCUT2D eigenvalue weighted by Crippen LogP contribution is -2.31. The lowest BCUT2D eigenvalue weighted by atomic mass is 10.0. The molecule has 0 saturated carbocycles. The molecular weight excluding hydrogens is 396 g/mol. The third-order valence-corrected chi connectivity index (χ3v) is 6.36. The van der Waals surface area contributed by atoms with Gasteiger partial charge >= 0.3 is 0 Å². The maximum atomic E-state index is 12.5. The number of carbonyl (C=O) groups excluding carboxylic acids is 1. The van der Waals surface area contributed by atoms with E-state index in [2.05, 4.69) is 10.0 Å². The number of amides is 1. The molecule has 0 radical (unpaired) electrons. The van der Waals surface area contributed by atoms with Crippen LogP contribution in [0.25, 0.3) is 11.1 Å². The van der Waals surface area contributed by atoms with Crippen LogP contribution < -0.4 is 10.0 Å². The van der Waals surface area contributed by atoms with Crippen molar-refractivity contribution in [3.05, 3.63) is 90.0 Å². The number of hydrogen-bond donors (Lipinski definition) is 2. The minimum Gasteiger partial charge on any atom is -0.350 e. The number of carbonyl (C=O) groups is 1. The summed E-state index contributed by atoms with van der Waals surface area (Å²) in [7, 11) is -3.59. The zero-order chi connectivity index (χ0) is 21.6. The van der Waals surface area contributed by atoms with Crippen molar-refractivity contribution >= 4 is 15.9 Å². The van der Waals surface area contributed by atoms with Gasteiger partial charge in [-0.15, -0.1) is 0 Å². The van der Waals surface area contributed by atoms with Gasteiger partial charge in [0, 0.05) is 18.2 Å². The van der Waals surface area contributed by atoms with E-state index >= 15 is 0 Å². The predicted molar refractivity (Wildman–Crippen MR) is 120 cm³/mol. The molecule has 156 valence electrons. The summed E-state index contributed by atoms with van der Waals surface area (Å²) in [5, 5.41) is 2.94. The van der Waals surface area contributed by atoms with Gasteiger partial charge in [0.2, 0.25) is 10.0 Å². The van der Waals surface area contributed by atoms with Crippen LogP contribution in [0.15, 0.2) is 83.8 Å². The molecule has 1 amide bonds. The zero-order valence-corrected chi connectivity index (χ0v) is 17.9. The highest BCUT2D eigenvalue weighted by atomic mass is 32.2. The van der Waals surface area contributed by atoms with Gasteiger partial charge in [0.05, 0.1) is 4.90 Å². The molecule has 0 aliphatic carbocycles. The first kappa shape index (κ1) is 21.7. The summed E-state index contributed by atoms with van der Waals surface area (Å²) in [4.78, 5) is 12.4. The highest BCUT2D eigenvalue weighted by Crippen LogP contribution is 2.22. The van der Waals surface area contributed by atoms with Gasteiger partial charge < -0.3 is 5.32 Å². The molecule has 3 rings (SSSR count). The molecule has 0 bridgehead atoms. The van der Waals surface area contributed by atoms with E-state index in [0.717, 1.165) is 23.1 Å². The largest absolute Gasteiger partial charge is 0.350 e. The monoisotopic (exact) mass is 422 g/mol. The van der Waals surface area contributed by atoms with Gasteiger partial charge in [-0.1, -0.05) is 61.5 Å². The van der Waals surface area contributed by atoms with Gasteiger partial charge in [-0.25, -0.2) is 13.1 Å². The summed E-state index contributed by atoms with van der Waals surface area (Å²) < 4.78 is 27.7. The van der Waals surface area contributed by atoms with E-state index < -0.39 is 10.0 Å². The van der Waals surface area contributed by atoms with Crippen molar-refractivity contribution in [1.29, 1.82) is 0 Å². The van der Waals surface area contributed by atoms with Crippen LogP contribution in [0.4, 0.5) is 0 Å². The molecule has 6 heteroatoms. The van der Waals surface area contributed by atoms with Crippen LogP contribution in [-0.2, 0) is 16.6 Å². The first-order chi connectivity index (χ1) is 14.4. The summed E-state index contributed by atoms with van der Waals surface area (Å²) in [6, 6.07) is 23.5. The third-order valence-electron chi connectivity index (χ3n) is 4.94. The van der Waals surface area contributed by atoms with Gasteiger partial charge in [-0.3, -0.25) is 4.79 Å². The average molecular weight is 423 g/mol. The highest BCUT2D eigenvalue weighted by molar-refractivity contribution is 7.89. The quantitative estimate of drug-likeness (QED) is 0.566. The molecule has 3 aromatic carbocycles. The normalized spacial score (nSPS) is 12.3. The molecule has 1 atom stereocenters. The van der Waals surface area contributed by atoms with E-state index in [1.165, 1.54) is 0 Å². The maximum absolute atomic E-state index is 12.5. The Hall–Kier alpha value is -2.96. The molecular formula is C24H26N2O3S. The van der Waals surface area contributed by atoms with Crippen LogP contribution in [0.5, 0.6) is 0 Å². The first-order valence-corrected chi connectivity index (χ1v) is 11.4. The number of nitrogens with one attached hydrogen (secondary N) is 2. The van der Waals surface area contributed by atoms with E-state index in [-0.39, 0.29) is 23.4 Å². The maximum Gasteiger partial charge on any atom is 0.251 e. The van der Waals surface area contributed by atoms with E-state index in [9.17, 15) is 13.2 Å². The van der Waals surface area contributed by atoms with Crippen molar-refractivity contribution in [2.45, 2.75) is 37.8 Å². The number of hydrogen-bond acceptors (Lipinski definition) is 3. The number of benzene rings is 3. The second kappa shape index (κ2) is 9.69. The van der Waals surface area contributed by atoms with Crippen LogP contribution in [-0.4, -0.2) is 20.4 Å². The average Bonchev–Trinajstić information content (AvgIpc) is 2.78. The Kier molecular flexibility index (Phi) is 7.03. The van der Waals surface area contributed by atoms with Gasteiger partial charge in [-0.05, 0) is 54.3 Å². The molecule has 0 aromatic heterocycles. The Morgan fingerprint density at radius 2 is 1.43 bits per heavy atom. The molecule has 5 nitrogen and oxygen atoms in total. The van der Waals surface area contributed by atoms with Crippen molar-refractivity contribution in [2.75, 3.05) is 0 Å². The Labute approximate surface area is 178 Å². The Morgan fingerprint density at radius 1 is 0.867 bits per heavy atom. The second-order valence-corrected chi connectivity index (χ2v) is 8.96. The van der Waals surface area contributed by atoms with E-state index in [1.54, 1.807) is 36.4 Å². The molecule has 0 fully saturated rings. The third kappa shape index (κ3) is 5.55. The Morgan fingerprint density at radius 3 is 2.00 bits per heavy atom. The Balaban J connectivity index is 1.68. The highest BCUT2D eigenvalue weighted by Gasteiger charge is 2.14. The minimum atomic E-state index is -3.59. The molecule has 1 unspecified atom stereocenters. The van der Waals surface area contributed by atoms with Gasteiger partial charge in [0.25, 0.3) is 5.91 Å². The number of sulfonamides is 1. The van der Waals surface area contributed by atoms with Crippen molar-refractivity contribution < 1.29 is 13.2 Å². The molecule has 0 aliphatic heterocycles. The number of rotatable bonds is 8. The van der Waals surface area contributed by atoms with E-state index in [0.29, 0.717) is 5.56 Å². The zero-order valence-electron chi connectivity index (χ0n) is 17.1. The lowest BCUT2D eigenvalue weighted by molar-refractivity contribution is 0.0939. The van der Waals surface area contributed by atoms with Gasteiger partial charge in [-0.2, -0.15) is 0 Å². The molecule has 0 aliphatic rings. The smallest absolute Gasteiger partial charge is 0.251 e. The molecule has 3 aromatic rings. The van der Waals surface area contributed by atoms with E-state index in [1.807, 2.05) is 56.3 Å². The summed E-state index contributed by atoms with van der Waals surface area (Å²) in [6.45, 7) is 4.23.